The topological polar surface area (TPSA) is 66.2 Å². The lowest BCUT2D eigenvalue weighted by Crippen LogP contribution is -1.95. The van der Waals surface area contributed by atoms with Gasteiger partial charge in [-0.2, -0.15) is 14.9 Å². The van der Waals surface area contributed by atoms with Crippen molar-refractivity contribution in [3.63, 3.8) is 0 Å². The molecule has 0 atom stereocenters. The van der Waals surface area contributed by atoms with Gasteiger partial charge in [0.15, 0.2) is 5.82 Å². The van der Waals surface area contributed by atoms with Gasteiger partial charge >= 0.3 is 0 Å². The van der Waals surface area contributed by atoms with Gasteiger partial charge < -0.3 is 5.11 Å². The van der Waals surface area contributed by atoms with E-state index in [0.717, 1.165) is 9.13 Å². The number of aromatic hydroxyl groups is 1. The summed E-state index contributed by atoms with van der Waals surface area (Å²) in [6.45, 7) is 0. The SMILES string of the molecule is Oc1ccc(I)cc1/C=N/n1c(-c2ccccc2)n[nH]c1=S. The van der Waals surface area contributed by atoms with Crippen LogP contribution in [0.3, 0.4) is 0 Å². The van der Waals surface area contributed by atoms with Gasteiger partial charge in [0, 0.05) is 14.7 Å². The number of phenols is 1. The molecule has 0 fully saturated rings. The number of hydrogen-bond acceptors (Lipinski definition) is 4. The van der Waals surface area contributed by atoms with Crippen LogP contribution in [0.4, 0.5) is 0 Å². The van der Waals surface area contributed by atoms with E-state index >= 15 is 0 Å². The smallest absolute Gasteiger partial charge is 0.216 e. The van der Waals surface area contributed by atoms with Crippen LogP contribution in [0.5, 0.6) is 5.75 Å². The molecular formula is C15H11IN4OS. The molecule has 0 bridgehead atoms. The molecule has 0 unspecified atom stereocenters. The minimum absolute atomic E-state index is 0.167. The first-order valence-electron chi connectivity index (χ1n) is 6.41. The summed E-state index contributed by atoms with van der Waals surface area (Å²) < 4.78 is 2.93. The maximum Gasteiger partial charge on any atom is 0.216 e. The van der Waals surface area contributed by atoms with Crippen molar-refractivity contribution in [3.05, 3.63) is 62.4 Å². The third-order valence-corrected chi connectivity index (χ3v) is 3.92. The highest BCUT2D eigenvalue weighted by Gasteiger charge is 2.07. The predicted molar refractivity (Wildman–Crippen MR) is 96.7 cm³/mol. The number of nitrogens with one attached hydrogen (secondary N) is 1. The number of halogens is 1. The molecular weight excluding hydrogens is 411 g/mol. The molecule has 3 aromatic rings. The van der Waals surface area contributed by atoms with Crippen molar-refractivity contribution in [1.82, 2.24) is 14.9 Å². The molecule has 2 aromatic carbocycles. The lowest BCUT2D eigenvalue weighted by Gasteiger charge is -2.02. The molecule has 0 radical (unpaired) electrons. The Balaban J connectivity index is 2.03. The van der Waals surface area contributed by atoms with Gasteiger partial charge in [0.05, 0.1) is 6.21 Å². The van der Waals surface area contributed by atoms with Crippen molar-refractivity contribution in [2.75, 3.05) is 0 Å². The molecule has 0 saturated heterocycles. The number of benzene rings is 2. The lowest BCUT2D eigenvalue weighted by molar-refractivity contribution is 0.474. The van der Waals surface area contributed by atoms with Crippen LogP contribution in [-0.2, 0) is 0 Å². The number of aromatic amines is 1. The number of nitrogens with zero attached hydrogens (tertiary/aromatic N) is 3. The summed E-state index contributed by atoms with van der Waals surface area (Å²) in [6, 6.07) is 14.9. The Bertz CT molecular complexity index is 886. The second kappa shape index (κ2) is 6.41. The molecule has 3 rings (SSSR count). The monoisotopic (exact) mass is 422 g/mol. The highest BCUT2D eigenvalue weighted by atomic mass is 127. The van der Waals surface area contributed by atoms with Crippen molar-refractivity contribution < 1.29 is 5.11 Å². The van der Waals surface area contributed by atoms with E-state index in [-0.39, 0.29) is 5.75 Å². The molecule has 0 aliphatic rings. The van der Waals surface area contributed by atoms with Crippen LogP contribution in [0.25, 0.3) is 11.4 Å². The summed E-state index contributed by atoms with van der Waals surface area (Å²) >= 11 is 7.39. The minimum atomic E-state index is 0.167. The molecule has 0 spiro atoms. The van der Waals surface area contributed by atoms with Gasteiger partial charge in [-0.3, -0.25) is 0 Å². The van der Waals surface area contributed by atoms with Crippen LogP contribution in [0, 0.1) is 8.34 Å². The second-order valence-corrected chi connectivity index (χ2v) is 6.11. The van der Waals surface area contributed by atoms with Crippen molar-refractivity contribution in [2.45, 2.75) is 0 Å². The summed E-state index contributed by atoms with van der Waals surface area (Å²) in [7, 11) is 0. The van der Waals surface area contributed by atoms with Crippen LogP contribution in [0.15, 0.2) is 53.6 Å². The summed E-state index contributed by atoms with van der Waals surface area (Å²) in [6.07, 6.45) is 1.56. The average molecular weight is 422 g/mol. The standard InChI is InChI=1S/C15H11IN4OS/c16-12-6-7-13(21)11(8-12)9-17-20-14(18-19-15(20)22)10-4-2-1-3-5-10/h1-9,21H,(H,19,22)/b17-9+. The summed E-state index contributed by atoms with van der Waals surface area (Å²) in [5.74, 6) is 0.785. The fourth-order valence-electron chi connectivity index (χ4n) is 1.92. The molecule has 110 valence electrons. The van der Waals surface area contributed by atoms with E-state index in [1.54, 1.807) is 12.3 Å². The van der Waals surface area contributed by atoms with Gasteiger partial charge in [0.1, 0.15) is 5.75 Å². The molecule has 0 amide bonds. The van der Waals surface area contributed by atoms with Crippen LogP contribution in [-0.4, -0.2) is 26.2 Å². The third-order valence-electron chi connectivity index (χ3n) is 2.98. The number of aromatic nitrogens is 3. The van der Waals surface area contributed by atoms with Gasteiger partial charge in [0.2, 0.25) is 4.77 Å². The third kappa shape index (κ3) is 3.09. The Morgan fingerprint density at radius 3 is 2.77 bits per heavy atom. The second-order valence-electron chi connectivity index (χ2n) is 4.48. The molecule has 0 aliphatic carbocycles. The first-order valence-corrected chi connectivity index (χ1v) is 7.89. The van der Waals surface area contributed by atoms with Gasteiger partial charge in [-0.05, 0) is 53.0 Å². The Morgan fingerprint density at radius 2 is 2.00 bits per heavy atom. The lowest BCUT2D eigenvalue weighted by atomic mass is 10.2. The molecule has 2 N–H and O–H groups in total. The van der Waals surface area contributed by atoms with Crippen molar-refractivity contribution >= 4 is 41.0 Å². The molecule has 1 aromatic heterocycles. The van der Waals surface area contributed by atoms with E-state index < -0.39 is 0 Å². The highest BCUT2D eigenvalue weighted by molar-refractivity contribution is 14.1. The number of rotatable bonds is 3. The van der Waals surface area contributed by atoms with E-state index in [1.807, 2.05) is 42.5 Å². The van der Waals surface area contributed by atoms with E-state index in [1.165, 1.54) is 4.68 Å². The van der Waals surface area contributed by atoms with E-state index in [0.29, 0.717) is 16.2 Å². The maximum absolute atomic E-state index is 9.87. The molecule has 7 heteroatoms. The molecule has 5 nitrogen and oxygen atoms in total. The fraction of sp³-hybridized carbons (Fsp3) is 0. The zero-order chi connectivity index (χ0) is 15.5. The number of H-pyrrole nitrogens is 1. The fourth-order valence-corrected chi connectivity index (χ4v) is 2.62. The van der Waals surface area contributed by atoms with Crippen LogP contribution >= 0.6 is 34.8 Å². The zero-order valence-electron chi connectivity index (χ0n) is 11.3. The average Bonchev–Trinajstić information content (AvgIpc) is 2.90. The minimum Gasteiger partial charge on any atom is -0.507 e. The molecule has 0 aliphatic heterocycles. The molecule has 1 heterocycles. The largest absolute Gasteiger partial charge is 0.507 e. The molecule has 22 heavy (non-hydrogen) atoms. The highest BCUT2D eigenvalue weighted by Crippen LogP contribution is 2.19. The normalized spacial score (nSPS) is 11.1. The predicted octanol–water partition coefficient (Wildman–Crippen LogP) is 3.80. The van der Waals surface area contributed by atoms with Crippen molar-refractivity contribution in [1.29, 1.82) is 0 Å². The zero-order valence-corrected chi connectivity index (χ0v) is 14.2. The van der Waals surface area contributed by atoms with Gasteiger partial charge in [-0.15, -0.1) is 0 Å². The van der Waals surface area contributed by atoms with Crippen LogP contribution in [0.2, 0.25) is 0 Å². The number of hydrogen-bond donors (Lipinski definition) is 2. The Labute approximate surface area is 145 Å². The Morgan fingerprint density at radius 1 is 1.23 bits per heavy atom. The van der Waals surface area contributed by atoms with Gasteiger partial charge in [-0.25, -0.2) is 5.10 Å². The van der Waals surface area contributed by atoms with Crippen LogP contribution in [0.1, 0.15) is 5.56 Å². The summed E-state index contributed by atoms with van der Waals surface area (Å²) in [5, 5.41) is 21.2. The van der Waals surface area contributed by atoms with Gasteiger partial charge in [-0.1, -0.05) is 30.3 Å². The Kier molecular flexibility index (Phi) is 4.34. The van der Waals surface area contributed by atoms with E-state index in [2.05, 4.69) is 37.9 Å². The van der Waals surface area contributed by atoms with Gasteiger partial charge in [0.25, 0.3) is 0 Å². The number of phenolic OH excluding ortho intramolecular Hbond substituents is 1. The summed E-state index contributed by atoms with van der Waals surface area (Å²) in [4.78, 5) is 0. The Hall–Kier alpha value is -2.00. The van der Waals surface area contributed by atoms with Crippen molar-refractivity contribution in [2.24, 2.45) is 5.10 Å². The van der Waals surface area contributed by atoms with E-state index in [9.17, 15) is 5.11 Å². The van der Waals surface area contributed by atoms with Crippen LogP contribution < -0.4 is 0 Å². The van der Waals surface area contributed by atoms with E-state index in [4.69, 9.17) is 12.2 Å². The maximum atomic E-state index is 9.87. The first-order chi connectivity index (χ1) is 10.6. The first kappa shape index (κ1) is 14.9. The van der Waals surface area contributed by atoms with Crippen molar-refractivity contribution in [3.8, 4) is 17.1 Å². The quantitative estimate of drug-likeness (QED) is 0.384. The summed E-state index contributed by atoms with van der Waals surface area (Å²) in [5.41, 5.74) is 1.52. The molecule has 0 saturated carbocycles.